The maximum atomic E-state index is 6.35. The van der Waals surface area contributed by atoms with Crippen LogP contribution in [0.4, 0.5) is 17.1 Å². The van der Waals surface area contributed by atoms with Crippen LogP contribution < -0.4 is 4.90 Å². The minimum absolute atomic E-state index is 0.886. The van der Waals surface area contributed by atoms with Crippen LogP contribution in [0.3, 0.4) is 0 Å². The van der Waals surface area contributed by atoms with Crippen molar-refractivity contribution >= 4 is 102 Å². The highest BCUT2D eigenvalue weighted by Crippen LogP contribution is 2.50. The zero-order chi connectivity index (χ0) is 38.2. The first-order chi connectivity index (χ1) is 28.7. The van der Waals surface area contributed by atoms with Crippen LogP contribution in [0.2, 0.25) is 0 Å². The van der Waals surface area contributed by atoms with Crippen molar-refractivity contribution < 1.29 is 4.42 Å². The number of hydrogen-bond acceptors (Lipinski definition) is 4. The fourth-order valence-corrected chi connectivity index (χ4v) is 11.1. The number of thiophene rings is 2. The van der Waals surface area contributed by atoms with E-state index in [1.165, 1.54) is 73.7 Å². The predicted octanol–water partition coefficient (Wildman–Crippen LogP) is 16.8. The van der Waals surface area contributed by atoms with Gasteiger partial charge in [0.1, 0.15) is 11.2 Å². The van der Waals surface area contributed by atoms with E-state index in [-0.39, 0.29) is 0 Å². The van der Waals surface area contributed by atoms with E-state index < -0.39 is 0 Å². The summed E-state index contributed by atoms with van der Waals surface area (Å²) in [4.78, 5) is 2.47. The molecule has 0 aliphatic rings. The highest BCUT2D eigenvalue weighted by atomic mass is 32.1. The van der Waals surface area contributed by atoms with Crippen molar-refractivity contribution in [2.24, 2.45) is 0 Å². The first-order valence-corrected chi connectivity index (χ1v) is 21.2. The van der Waals surface area contributed by atoms with Gasteiger partial charge in [-0.1, -0.05) is 140 Å². The van der Waals surface area contributed by atoms with Crippen LogP contribution in [0.5, 0.6) is 0 Å². The van der Waals surface area contributed by atoms with Crippen molar-refractivity contribution in [3.05, 3.63) is 200 Å². The van der Waals surface area contributed by atoms with Crippen molar-refractivity contribution in [1.82, 2.24) is 0 Å². The van der Waals surface area contributed by atoms with Gasteiger partial charge in [0.25, 0.3) is 0 Å². The lowest BCUT2D eigenvalue weighted by Crippen LogP contribution is -2.10. The first-order valence-electron chi connectivity index (χ1n) is 19.6. The summed E-state index contributed by atoms with van der Waals surface area (Å²) in [6.07, 6.45) is 0. The number of rotatable bonds is 6. The Kier molecular flexibility index (Phi) is 7.62. The van der Waals surface area contributed by atoms with Crippen molar-refractivity contribution in [1.29, 1.82) is 0 Å². The lowest BCUT2D eigenvalue weighted by Gasteiger charge is -2.27. The molecule has 0 saturated carbocycles. The second-order valence-corrected chi connectivity index (χ2v) is 17.0. The van der Waals surface area contributed by atoms with Gasteiger partial charge in [-0.15, -0.1) is 22.7 Å². The maximum absolute atomic E-state index is 6.35. The van der Waals surface area contributed by atoms with Crippen LogP contribution in [0.1, 0.15) is 0 Å². The summed E-state index contributed by atoms with van der Waals surface area (Å²) in [7, 11) is 0. The Hall–Kier alpha value is -6.98. The van der Waals surface area contributed by atoms with Crippen molar-refractivity contribution in [2.75, 3.05) is 4.90 Å². The van der Waals surface area contributed by atoms with E-state index in [4.69, 9.17) is 4.42 Å². The molecule has 58 heavy (non-hydrogen) atoms. The number of fused-ring (bicyclic) bond motifs is 9. The maximum Gasteiger partial charge on any atom is 0.135 e. The molecule has 0 aliphatic carbocycles. The highest BCUT2D eigenvalue weighted by molar-refractivity contribution is 7.26. The molecule has 0 atom stereocenters. The van der Waals surface area contributed by atoms with E-state index in [1.54, 1.807) is 0 Å². The second kappa shape index (κ2) is 13.3. The van der Waals surface area contributed by atoms with Crippen LogP contribution in [0.25, 0.3) is 95.7 Å². The highest BCUT2D eigenvalue weighted by Gasteiger charge is 2.23. The molecule has 0 saturated heterocycles. The Balaban J connectivity index is 1.12. The minimum atomic E-state index is 0.886. The third-order valence-electron chi connectivity index (χ3n) is 11.5. The van der Waals surface area contributed by atoms with Crippen molar-refractivity contribution in [2.45, 2.75) is 0 Å². The molecule has 12 rings (SSSR count). The van der Waals surface area contributed by atoms with E-state index in [0.29, 0.717) is 0 Å². The molecule has 0 N–H and O–H groups in total. The summed E-state index contributed by atoms with van der Waals surface area (Å²) in [5.74, 6) is 0. The standard InChI is InChI=1S/C54H33NOS2/c1-4-12-34(13-5-1)37-20-24-43-46-33-40(23-29-50(46)57-51(43)30-37)55(39-22-28-49-45(32-39)42-18-10-11-19-48(42)56-49)47-27-26-41(36-16-8-3-9-17-36)54-53(47)44-25-21-38(31-52(44)58-54)35-14-6-2-7-15-35/h1-33H. The molecular formula is C54H33NOS2. The molecule has 0 unspecified atom stereocenters. The Labute approximate surface area is 343 Å². The fraction of sp³-hybridized carbons (Fsp3) is 0. The molecule has 3 heterocycles. The van der Waals surface area contributed by atoms with E-state index in [0.717, 1.165) is 39.0 Å². The number of nitrogens with zero attached hydrogens (tertiary/aromatic N) is 1. The van der Waals surface area contributed by atoms with Gasteiger partial charge in [-0.3, -0.25) is 0 Å². The minimum Gasteiger partial charge on any atom is -0.456 e. The van der Waals surface area contributed by atoms with Crippen molar-refractivity contribution in [3.8, 4) is 33.4 Å². The molecule has 0 bridgehead atoms. The fourth-order valence-electron chi connectivity index (χ4n) is 8.70. The lowest BCUT2D eigenvalue weighted by molar-refractivity contribution is 0.669. The molecule has 272 valence electrons. The molecular weight excluding hydrogens is 743 g/mol. The van der Waals surface area contributed by atoms with Gasteiger partial charge in [-0.2, -0.15) is 0 Å². The molecule has 0 spiro atoms. The number of hydrogen-bond donors (Lipinski definition) is 0. The number of furan rings is 1. The second-order valence-electron chi connectivity index (χ2n) is 14.9. The quantitative estimate of drug-likeness (QED) is 0.167. The van der Waals surface area contributed by atoms with Gasteiger partial charge in [-0.05, 0) is 94.0 Å². The summed E-state index contributed by atoms with van der Waals surface area (Å²) in [6, 6.07) is 72.7. The summed E-state index contributed by atoms with van der Waals surface area (Å²) < 4.78 is 11.5. The number of para-hydroxylation sites is 1. The molecule has 0 aliphatic heterocycles. The van der Waals surface area contributed by atoms with Crippen LogP contribution in [-0.2, 0) is 0 Å². The van der Waals surface area contributed by atoms with Gasteiger partial charge >= 0.3 is 0 Å². The summed E-state index contributed by atoms with van der Waals surface area (Å²) in [6.45, 7) is 0. The molecule has 2 nitrogen and oxygen atoms in total. The molecule has 3 aromatic heterocycles. The first kappa shape index (κ1) is 33.2. The SMILES string of the molecule is c1ccc(-c2ccc3c(c2)sc2ccc(N(c4ccc5oc6ccccc6c5c4)c4ccc(-c5ccccc5)c5sc6cc(-c7ccccc7)ccc6c45)cc23)cc1. The van der Waals surface area contributed by atoms with E-state index >= 15 is 0 Å². The normalized spacial score (nSPS) is 11.8. The third kappa shape index (κ3) is 5.37. The third-order valence-corrected chi connectivity index (χ3v) is 13.8. The van der Waals surface area contributed by atoms with E-state index in [2.05, 4.69) is 199 Å². The van der Waals surface area contributed by atoms with Crippen LogP contribution >= 0.6 is 22.7 Å². The lowest BCUT2D eigenvalue weighted by atomic mass is 9.98. The van der Waals surface area contributed by atoms with Gasteiger partial charge < -0.3 is 9.32 Å². The van der Waals surface area contributed by atoms with Gasteiger partial charge in [0.2, 0.25) is 0 Å². The molecule has 12 aromatic rings. The van der Waals surface area contributed by atoms with Gasteiger partial charge in [-0.25, -0.2) is 0 Å². The molecule has 0 radical (unpaired) electrons. The zero-order valence-corrected chi connectivity index (χ0v) is 32.9. The zero-order valence-electron chi connectivity index (χ0n) is 31.2. The number of benzene rings is 9. The smallest absolute Gasteiger partial charge is 0.135 e. The topological polar surface area (TPSA) is 16.4 Å². The van der Waals surface area contributed by atoms with Crippen molar-refractivity contribution in [3.63, 3.8) is 0 Å². The van der Waals surface area contributed by atoms with Crippen LogP contribution in [0.15, 0.2) is 205 Å². The van der Waals surface area contributed by atoms with E-state index in [9.17, 15) is 0 Å². The molecule has 9 aromatic carbocycles. The van der Waals surface area contributed by atoms with Crippen LogP contribution in [0, 0.1) is 0 Å². The summed E-state index contributed by atoms with van der Waals surface area (Å²) in [5, 5.41) is 7.26. The summed E-state index contributed by atoms with van der Waals surface area (Å²) in [5.41, 5.74) is 12.5. The van der Waals surface area contributed by atoms with E-state index in [1.807, 2.05) is 28.7 Å². The van der Waals surface area contributed by atoms with Gasteiger partial charge in [0.15, 0.2) is 0 Å². The number of anilines is 3. The largest absolute Gasteiger partial charge is 0.456 e. The Morgan fingerprint density at radius 3 is 1.66 bits per heavy atom. The monoisotopic (exact) mass is 775 g/mol. The Morgan fingerprint density at radius 2 is 0.931 bits per heavy atom. The molecule has 0 amide bonds. The van der Waals surface area contributed by atoms with Crippen LogP contribution in [-0.4, -0.2) is 0 Å². The predicted molar refractivity (Wildman–Crippen MR) is 250 cm³/mol. The van der Waals surface area contributed by atoms with Gasteiger partial charge in [0, 0.05) is 62.5 Å². The average molecular weight is 776 g/mol. The molecule has 0 fully saturated rings. The summed E-state index contributed by atoms with van der Waals surface area (Å²) >= 11 is 3.75. The Morgan fingerprint density at radius 1 is 0.345 bits per heavy atom. The molecule has 4 heteroatoms. The Bertz CT molecular complexity index is 3510. The average Bonchev–Trinajstić information content (AvgIpc) is 3.98. The van der Waals surface area contributed by atoms with Gasteiger partial charge in [0.05, 0.1) is 5.69 Å².